The van der Waals surface area contributed by atoms with Crippen molar-refractivity contribution in [1.29, 1.82) is 0 Å². The van der Waals surface area contributed by atoms with Gasteiger partial charge in [0, 0.05) is 6.20 Å². The largest absolute Gasteiger partial charge is 0.478 e. The van der Waals surface area contributed by atoms with Crippen LogP contribution in [-0.2, 0) is 0 Å². The lowest BCUT2D eigenvalue weighted by Crippen LogP contribution is -2.15. The lowest BCUT2D eigenvalue weighted by Gasteiger charge is -2.08. The fourth-order valence-electron chi connectivity index (χ4n) is 1.51. The van der Waals surface area contributed by atoms with Crippen LogP contribution in [0.5, 0.6) is 0 Å². The van der Waals surface area contributed by atoms with Crippen molar-refractivity contribution >= 4 is 17.6 Å². The van der Waals surface area contributed by atoms with Crippen LogP contribution in [0.4, 0.5) is 14.5 Å². The molecule has 102 valence electrons. The lowest BCUT2D eigenvalue weighted by molar-refractivity contribution is 0.0697. The third kappa shape index (κ3) is 2.94. The average molecular weight is 278 g/mol. The zero-order valence-corrected chi connectivity index (χ0v) is 9.93. The Bertz CT molecular complexity index is 672. The number of nitrogens with one attached hydrogen (secondary N) is 1. The van der Waals surface area contributed by atoms with Crippen LogP contribution in [0.25, 0.3) is 0 Å². The Hall–Kier alpha value is -2.83. The number of nitrogens with zero attached hydrogens (tertiary/aromatic N) is 1. The molecule has 1 amide bonds. The molecule has 0 spiro atoms. The van der Waals surface area contributed by atoms with Crippen molar-refractivity contribution in [3.05, 3.63) is 59.4 Å². The van der Waals surface area contributed by atoms with E-state index in [1.807, 2.05) is 0 Å². The standard InChI is InChI=1S/C13H8F2N2O3/c14-8-2-3-10(9(5-8)13(19)20)17-12(18)7-1-4-11(15)16-6-7/h1-6H,(H,17,18)(H,19,20). The summed E-state index contributed by atoms with van der Waals surface area (Å²) in [5.41, 5.74) is -0.395. The highest BCUT2D eigenvalue weighted by Gasteiger charge is 2.14. The number of carbonyl (C=O) groups is 2. The molecule has 1 aromatic carbocycles. The molecule has 1 aromatic heterocycles. The van der Waals surface area contributed by atoms with Crippen molar-refractivity contribution in [1.82, 2.24) is 4.98 Å². The summed E-state index contributed by atoms with van der Waals surface area (Å²) >= 11 is 0. The summed E-state index contributed by atoms with van der Waals surface area (Å²) in [5, 5.41) is 11.2. The van der Waals surface area contributed by atoms with Gasteiger partial charge in [-0.1, -0.05) is 0 Å². The molecule has 0 aliphatic rings. The van der Waals surface area contributed by atoms with Gasteiger partial charge < -0.3 is 10.4 Å². The van der Waals surface area contributed by atoms with Gasteiger partial charge in [-0.2, -0.15) is 4.39 Å². The summed E-state index contributed by atoms with van der Waals surface area (Å²) in [6.07, 6.45) is 1.01. The number of anilines is 1. The molecule has 0 aliphatic heterocycles. The lowest BCUT2D eigenvalue weighted by atomic mass is 10.1. The molecule has 0 saturated heterocycles. The fraction of sp³-hybridized carbons (Fsp3) is 0. The zero-order valence-electron chi connectivity index (χ0n) is 9.93. The molecule has 20 heavy (non-hydrogen) atoms. The van der Waals surface area contributed by atoms with Gasteiger partial charge in [-0.05, 0) is 30.3 Å². The zero-order chi connectivity index (χ0) is 14.7. The van der Waals surface area contributed by atoms with Gasteiger partial charge in [0.25, 0.3) is 5.91 Å². The van der Waals surface area contributed by atoms with Crippen LogP contribution >= 0.6 is 0 Å². The number of aromatic carboxylic acids is 1. The van der Waals surface area contributed by atoms with Gasteiger partial charge in [-0.25, -0.2) is 14.2 Å². The maximum atomic E-state index is 13.0. The molecule has 0 bridgehead atoms. The molecular formula is C13H8F2N2O3. The number of pyridine rings is 1. The second-order valence-electron chi connectivity index (χ2n) is 3.82. The van der Waals surface area contributed by atoms with E-state index >= 15 is 0 Å². The van der Waals surface area contributed by atoms with E-state index in [1.54, 1.807) is 0 Å². The summed E-state index contributed by atoms with van der Waals surface area (Å²) in [6.45, 7) is 0. The van der Waals surface area contributed by atoms with Crippen molar-refractivity contribution in [2.45, 2.75) is 0 Å². The third-order valence-corrected chi connectivity index (χ3v) is 2.45. The molecule has 0 unspecified atom stereocenters. The van der Waals surface area contributed by atoms with E-state index in [1.165, 1.54) is 6.07 Å². The SMILES string of the molecule is O=C(Nc1ccc(F)cc1C(=O)O)c1ccc(F)nc1. The normalized spacial score (nSPS) is 10.1. The Morgan fingerprint density at radius 3 is 2.50 bits per heavy atom. The summed E-state index contributed by atoms with van der Waals surface area (Å²) in [7, 11) is 0. The van der Waals surface area contributed by atoms with E-state index in [0.717, 1.165) is 30.5 Å². The Morgan fingerprint density at radius 2 is 1.90 bits per heavy atom. The Balaban J connectivity index is 2.28. The molecule has 0 radical (unpaired) electrons. The Kier molecular flexibility index (Phi) is 3.69. The minimum Gasteiger partial charge on any atom is -0.478 e. The van der Waals surface area contributed by atoms with Gasteiger partial charge in [-0.15, -0.1) is 0 Å². The highest BCUT2D eigenvalue weighted by molar-refractivity contribution is 6.07. The number of carboxylic acid groups (broad SMARTS) is 1. The van der Waals surface area contributed by atoms with Gasteiger partial charge in [-0.3, -0.25) is 4.79 Å². The Labute approximate surface area is 111 Å². The number of benzene rings is 1. The maximum absolute atomic E-state index is 13.0. The van der Waals surface area contributed by atoms with Crippen LogP contribution in [-0.4, -0.2) is 22.0 Å². The summed E-state index contributed by atoms with van der Waals surface area (Å²) < 4.78 is 25.6. The van der Waals surface area contributed by atoms with Gasteiger partial charge in [0.1, 0.15) is 5.82 Å². The minimum atomic E-state index is -1.38. The first-order valence-corrected chi connectivity index (χ1v) is 5.43. The molecule has 0 fully saturated rings. The van der Waals surface area contributed by atoms with Crippen LogP contribution in [0.3, 0.4) is 0 Å². The average Bonchev–Trinajstić information content (AvgIpc) is 2.41. The molecule has 7 heteroatoms. The highest BCUT2D eigenvalue weighted by Crippen LogP contribution is 2.18. The number of amides is 1. The molecule has 0 saturated carbocycles. The van der Waals surface area contributed by atoms with Crippen molar-refractivity contribution in [3.8, 4) is 0 Å². The molecular weight excluding hydrogens is 270 g/mol. The number of hydrogen-bond acceptors (Lipinski definition) is 3. The molecule has 0 aliphatic carbocycles. The second-order valence-corrected chi connectivity index (χ2v) is 3.82. The van der Waals surface area contributed by atoms with Crippen LogP contribution < -0.4 is 5.32 Å². The number of carbonyl (C=O) groups excluding carboxylic acids is 1. The van der Waals surface area contributed by atoms with Gasteiger partial charge in [0.2, 0.25) is 5.95 Å². The van der Waals surface area contributed by atoms with E-state index in [4.69, 9.17) is 5.11 Å². The van der Waals surface area contributed by atoms with Gasteiger partial charge in [0.05, 0.1) is 16.8 Å². The number of hydrogen-bond donors (Lipinski definition) is 2. The van der Waals surface area contributed by atoms with Gasteiger partial charge >= 0.3 is 5.97 Å². The van der Waals surface area contributed by atoms with E-state index in [2.05, 4.69) is 10.3 Å². The minimum absolute atomic E-state index is 0.0482. The molecule has 0 atom stereocenters. The van der Waals surface area contributed by atoms with Crippen molar-refractivity contribution in [2.75, 3.05) is 5.32 Å². The summed E-state index contributed by atoms with van der Waals surface area (Å²) in [6, 6.07) is 5.14. The second kappa shape index (κ2) is 5.43. The van der Waals surface area contributed by atoms with Crippen molar-refractivity contribution < 1.29 is 23.5 Å². The number of aromatic nitrogens is 1. The molecule has 1 heterocycles. The van der Waals surface area contributed by atoms with Crippen molar-refractivity contribution in [2.24, 2.45) is 0 Å². The first-order chi connectivity index (χ1) is 9.47. The number of halogens is 2. The Morgan fingerprint density at radius 1 is 1.15 bits per heavy atom. The predicted octanol–water partition coefficient (Wildman–Crippen LogP) is 2.31. The fourth-order valence-corrected chi connectivity index (χ4v) is 1.51. The van der Waals surface area contributed by atoms with Crippen LogP contribution in [0, 0.1) is 11.8 Å². The first-order valence-electron chi connectivity index (χ1n) is 5.43. The molecule has 2 rings (SSSR count). The van der Waals surface area contributed by atoms with E-state index in [0.29, 0.717) is 0 Å². The number of carboxylic acids is 1. The van der Waals surface area contributed by atoms with Crippen LogP contribution in [0.1, 0.15) is 20.7 Å². The third-order valence-electron chi connectivity index (χ3n) is 2.45. The quantitative estimate of drug-likeness (QED) is 0.844. The summed E-state index contributed by atoms with van der Waals surface area (Å²) in [4.78, 5) is 26.1. The molecule has 2 aromatic rings. The van der Waals surface area contributed by atoms with E-state index in [9.17, 15) is 18.4 Å². The monoisotopic (exact) mass is 278 g/mol. The van der Waals surface area contributed by atoms with Gasteiger partial charge in [0.15, 0.2) is 0 Å². The van der Waals surface area contributed by atoms with Crippen LogP contribution in [0.15, 0.2) is 36.5 Å². The van der Waals surface area contributed by atoms with Crippen molar-refractivity contribution in [3.63, 3.8) is 0 Å². The predicted molar refractivity (Wildman–Crippen MR) is 65.5 cm³/mol. The van der Waals surface area contributed by atoms with E-state index in [-0.39, 0.29) is 16.8 Å². The molecule has 5 nitrogen and oxygen atoms in total. The topological polar surface area (TPSA) is 79.3 Å². The van der Waals surface area contributed by atoms with Crippen LogP contribution in [0.2, 0.25) is 0 Å². The molecule has 2 N–H and O–H groups in total. The maximum Gasteiger partial charge on any atom is 0.337 e. The summed E-state index contributed by atoms with van der Waals surface area (Å²) in [5.74, 6) is -3.53. The smallest absolute Gasteiger partial charge is 0.337 e. The first kappa shape index (κ1) is 13.6. The highest BCUT2D eigenvalue weighted by atomic mass is 19.1. The number of rotatable bonds is 3. The van der Waals surface area contributed by atoms with E-state index < -0.39 is 23.6 Å².